The third kappa shape index (κ3) is 4.55. The fourth-order valence-electron chi connectivity index (χ4n) is 2.32. The first kappa shape index (κ1) is 16.9. The first-order valence-electron chi connectivity index (χ1n) is 7.78. The highest BCUT2D eigenvalue weighted by molar-refractivity contribution is 9.10. The Morgan fingerprint density at radius 3 is 2.52 bits per heavy atom. The molecule has 0 aliphatic carbocycles. The number of nitriles is 1. The van der Waals surface area contributed by atoms with Crippen LogP contribution < -0.4 is 10.6 Å². The SMILES string of the molecule is N#Cc1ccccc1CNc1nc(NCc2ccccc2)ncc1Br. The van der Waals surface area contributed by atoms with Crippen molar-refractivity contribution in [2.45, 2.75) is 13.1 Å². The topological polar surface area (TPSA) is 73.6 Å². The molecule has 0 spiro atoms. The third-order valence-corrected chi connectivity index (χ3v) is 4.20. The van der Waals surface area contributed by atoms with Crippen LogP contribution in [0, 0.1) is 11.3 Å². The standard InChI is InChI=1S/C19H16BrN5/c20-17-13-24-19(23-11-14-6-2-1-3-7-14)25-18(17)22-12-16-9-5-4-8-15(16)10-21/h1-9,13H,11-12H2,(H2,22,23,24,25). The van der Waals surface area contributed by atoms with Crippen LogP contribution in [-0.4, -0.2) is 9.97 Å². The van der Waals surface area contributed by atoms with E-state index in [1.165, 1.54) is 0 Å². The van der Waals surface area contributed by atoms with Gasteiger partial charge >= 0.3 is 0 Å². The smallest absolute Gasteiger partial charge is 0.224 e. The van der Waals surface area contributed by atoms with Crippen LogP contribution in [0.5, 0.6) is 0 Å². The van der Waals surface area contributed by atoms with E-state index in [2.05, 4.69) is 42.6 Å². The predicted molar refractivity (Wildman–Crippen MR) is 102 cm³/mol. The van der Waals surface area contributed by atoms with Gasteiger partial charge in [-0.25, -0.2) is 4.98 Å². The zero-order valence-electron chi connectivity index (χ0n) is 13.4. The number of benzene rings is 2. The Hall–Kier alpha value is -2.91. The number of nitrogens with zero attached hydrogens (tertiary/aromatic N) is 3. The molecular weight excluding hydrogens is 378 g/mol. The van der Waals surface area contributed by atoms with Crippen molar-refractivity contribution in [1.82, 2.24) is 9.97 Å². The highest BCUT2D eigenvalue weighted by atomic mass is 79.9. The number of nitrogens with one attached hydrogen (secondary N) is 2. The molecule has 0 atom stereocenters. The Morgan fingerprint density at radius 2 is 1.72 bits per heavy atom. The number of hydrogen-bond acceptors (Lipinski definition) is 5. The van der Waals surface area contributed by atoms with Gasteiger partial charge in [0.25, 0.3) is 0 Å². The van der Waals surface area contributed by atoms with E-state index in [1.807, 2.05) is 48.5 Å². The van der Waals surface area contributed by atoms with Gasteiger partial charge in [-0.1, -0.05) is 48.5 Å². The van der Waals surface area contributed by atoms with E-state index in [-0.39, 0.29) is 0 Å². The molecule has 0 saturated heterocycles. The molecule has 0 amide bonds. The van der Waals surface area contributed by atoms with E-state index >= 15 is 0 Å². The van der Waals surface area contributed by atoms with Gasteiger partial charge in [0.1, 0.15) is 5.82 Å². The second-order valence-corrected chi connectivity index (χ2v) is 6.21. The third-order valence-electron chi connectivity index (χ3n) is 3.62. The maximum atomic E-state index is 9.17. The van der Waals surface area contributed by atoms with Gasteiger partial charge in [-0.15, -0.1) is 0 Å². The van der Waals surface area contributed by atoms with Crippen molar-refractivity contribution in [1.29, 1.82) is 5.26 Å². The quantitative estimate of drug-likeness (QED) is 0.651. The lowest BCUT2D eigenvalue weighted by Gasteiger charge is -2.11. The Kier molecular flexibility index (Phi) is 5.60. The molecule has 0 bridgehead atoms. The van der Waals surface area contributed by atoms with Crippen LogP contribution in [0.1, 0.15) is 16.7 Å². The average molecular weight is 394 g/mol. The maximum absolute atomic E-state index is 9.17. The summed E-state index contributed by atoms with van der Waals surface area (Å²) in [6.45, 7) is 1.16. The highest BCUT2D eigenvalue weighted by Crippen LogP contribution is 2.21. The summed E-state index contributed by atoms with van der Waals surface area (Å²) in [5, 5.41) is 15.6. The molecule has 1 heterocycles. The van der Waals surface area contributed by atoms with Gasteiger partial charge in [0.2, 0.25) is 5.95 Å². The van der Waals surface area contributed by atoms with Gasteiger partial charge in [0, 0.05) is 19.3 Å². The Morgan fingerprint density at radius 1 is 0.960 bits per heavy atom. The minimum Gasteiger partial charge on any atom is -0.365 e. The fraction of sp³-hybridized carbons (Fsp3) is 0.105. The van der Waals surface area contributed by atoms with Crippen molar-refractivity contribution in [3.05, 3.63) is 82.0 Å². The van der Waals surface area contributed by atoms with Gasteiger partial charge in [0.15, 0.2) is 0 Å². The van der Waals surface area contributed by atoms with Crippen molar-refractivity contribution in [2.24, 2.45) is 0 Å². The molecule has 6 heteroatoms. The summed E-state index contributed by atoms with van der Waals surface area (Å²) < 4.78 is 0.771. The summed E-state index contributed by atoms with van der Waals surface area (Å²) in [5.41, 5.74) is 2.74. The molecular formula is C19H16BrN5. The summed E-state index contributed by atoms with van der Waals surface area (Å²) >= 11 is 3.46. The van der Waals surface area contributed by atoms with Crippen LogP contribution >= 0.6 is 15.9 Å². The maximum Gasteiger partial charge on any atom is 0.224 e. The highest BCUT2D eigenvalue weighted by Gasteiger charge is 2.07. The van der Waals surface area contributed by atoms with Crippen molar-refractivity contribution >= 4 is 27.7 Å². The van der Waals surface area contributed by atoms with E-state index in [4.69, 9.17) is 5.26 Å². The average Bonchev–Trinajstić information content (AvgIpc) is 2.67. The largest absolute Gasteiger partial charge is 0.365 e. The molecule has 1 aromatic heterocycles. The molecule has 2 aromatic carbocycles. The Labute approximate surface area is 154 Å². The first-order chi connectivity index (χ1) is 12.3. The number of halogens is 1. The minimum atomic E-state index is 0.511. The van der Waals surface area contributed by atoms with E-state index in [9.17, 15) is 0 Å². The van der Waals surface area contributed by atoms with Gasteiger partial charge in [-0.3, -0.25) is 0 Å². The monoisotopic (exact) mass is 393 g/mol. The number of anilines is 2. The molecule has 0 unspecified atom stereocenters. The summed E-state index contributed by atoms with van der Waals surface area (Å²) in [6, 6.07) is 19.8. The van der Waals surface area contributed by atoms with E-state index in [0.717, 1.165) is 15.6 Å². The van der Waals surface area contributed by atoms with Crippen molar-refractivity contribution in [3.63, 3.8) is 0 Å². The van der Waals surface area contributed by atoms with Gasteiger partial charge in [-0.05, 0) is 33.1 Å². The second kappa shape index (κ2) is 8.27. The van der Waals surface area contributed by atoms with Crippen LogP contribution in [0.2, 0.25) is 0 Å². The first-order valence-corrected chi connectivity index (χ1v) is 8.58. The second-order valence-electron chi connectivity index (χ2n) is 5.35. The molecule has 0 radical (unpaired) electrons. The zero-order valence-corrected chi connectivity index (χ0v) is 15.0. The summed E-state index contributed by atoms with van der Waals surface area (Å²) in [6.07, 6.45) is 1.71. The molecule has 124 valence electrons. The van der Waals surface area contributed by atoms with E-state index < -0.39 is 0 Å². The molecule has 0 aliphatic heterocycles. The van der Waals surface area contributed by atoms with Crippen LogP contribution in [0.25, 0.3) is 0 Å². The molecule has 3 aromatic rings. The van der Waals surface area contributed by atoms with E-state index in [1.54, 1.807) is 12.3 Å². The van der Waals surface area contributed by atoms with Gasteiger partial charge in [-0.2, -0.15) is 10.2 Å². The lowest BCUT2D eigenvalue weighted by molar-refractivity contribution is 1.03. The lowest BCUT2D eigenvalue weighted by atomic mass is 10.1. The van der Waals surface area contributed by atoms with Crippen LogP contribution in [0.15, 0.2) is 65.3 Å². The lowest BCUT2D eigenvalue weighted by Crippen LogP contribution is -2.08. The van der Waals surface area contributed by atoms with Crippen molar-refractivity contribution in [3.8, 4) is 6.07 Å². The van der Waals surface area contributed by atoms with Crippen molar-refractivity contribution in [2.75, 3.05) is 10.6 Å². The molecule has 2 N–H and O–H groups in total. The van der Waals surface area contributed by atoms with Crippen molar-refractivity contribution < 1.29 is 0 Å². The molecule has 3 rings (SSSR count). The minimum absolute atomic E-state index is 0.511. The number of hydrogen-bond donors (Lipinski definition) is 2. The fourth-order valence-corrected chi connectivity index (χ4v) is 2.65. The summed E-state index contributed by atoms with van der Waals surface area (Å²) in [4.78, 5) is 8.78. The normalized spacial score (nSPS) is 10.1. The predicted octanol–water partition coefficient (Wildman–Crippen LogP) is 4.33. The number of aromatic nitrogens is 2. The van der Waals surface area contributed by atoms with E-state index in [0.29, 0.717) is 30.4 Å². The zero-order chi connectivity index (χ0) is 17.5. The molecule has 0 fully saturated rings. The van der Waals surface area contributed by atoms with Crippen LogP contribution in [0.3, 0.4) is 0 Å². The molecule has 25 heavy (non-hydrogen) atoms. The molecule has 5 nitrogen and oxygen atoms in total. The van der Waals surface area contributed by atoms with Gasteiger partial charge < -0.3 is 10.6 Å². The van der Waals surface area contributed by atoms with Gasteiger partial charge in [0.05, 0.1) is 16.1 Å². The van der Waals surface area contributed by atoms with Crippen LogP contribution in [-0.2, 0) is 13.1 Å². The Bertz CT molecular complexity index is 890. The number of rotatable bonds is 6. The molecule has 0 aliphatic rings. The summed E-state index contributed by atoms with van der Waals surface area (Å²) in [5.74, 6) is 1.22. The summed E-state index contributed by atoms with van der Waals surface area (Å²) in [7, 11) is 0. The van der Waals surface area contributed by atoms with Crippen LogP contribution in [0.4, 0.5) is 11.8 Å². The Balaban J connectivity index is 1.68. The molecule has 0 saturated carbocycles.